The van der Waals surface area contributed by atoms with E-state index < -0.39 is 0 Å². The molecule has 7 nitrogen and oxygen atoms in total. The molecule has 2 aliphatic rings. The van der Waals surface area contributed by atoms with Gasteiger partial charge < -0.3 is 14.5 Å². The van der Waals surface area contributed by atoms with Gasteiger partial charge in [-0.1, -0.05) is 24.3 Å². The zero-order chi connectivity index (χ0) is 23.5. The third-order valence-electron chi connectivity index (χ3n) is 6.58. The van der Waals surface area contributed by atoms with Crippen LogP contribution >= 0.6 is 0 Å². The van der Waals surface area contributed by atoms with Crippen LogP contribution in [0.5, 0.6) is 5.75 Å². The third-order valence-corrected chi connectivity index (χ3v) is 6.58. The number of hydrogen-bond acceptors (Lipinski definition) is 5. The molecular formula is C27H28N4O3. The molecule has 0 saturated carbocycles. The summed E-state index contributed by atoms with van der Waals surface area (Å²) in [6.07, 6.45) is 5.07. The lowest BCUT2D eigenvalue weighted by Gasteiger charge is -2.25. The van der Waals surface area contributed by atoms with E-state index in [1.807, 2.05) is 64.4 Å². The summed E-state index contributed by atoms with van der Waals surface area (Å²) in [5.41, 5.74) is 3.36. The molecule has 0 bridgehead atoms. The predicted octanol–water partition coefficient (Wildman–Crippen LogP) is 4.25. The predicted molar refractivity (Wildman–Crippen MR) is 128 cm³/mol. The van der Waals surface area contributed by atoms with Crippen LogP contribution in [0.25, 0.3) is 11.4 Å². The van der Waals surface area contributed by atoms with Gasteiger partial charge in [-0.3, -0.25) is 9.59 Å². The summed E-state index contributed by atoms with van der Waals surface area (Å²) in [5.74, 6) is 1.55. The van der Waals surface area contributed by atoms with Gasteiger partial charge in [0.05, 0.1) is 18.8 Å². The molecule has 0 N–H and O–H groups in total. The lowest BCUT2D eigenvalue weighted by atomic mass is 10.1. The summed E-state index contributed by atoms with van der Waals surface area (Å²) in [4.78, 5) is 38.6. The van der Waals surface area contributed by atoms with Gasteiger partial charge in [0.25, 0.3) is 5.91 Å². The van der Waals surface area contributed by atoms with Crippen LogP contribution in [0.1, 0.15) is 53.3 Å². The molecule has 2 amide bonds. The number of aromatic nitrogens is 2. The number of amides is 2. The molecule has 2 fully saturated rings. The van der Waals surface area contributed by atoms with Crippen LogP contribution in [0, 0.1) is 0 Å². The number of carbonyl (C=O) groups is 2. The first-order valence-electron chi connectivity index (χ1n) is 11.8. The first-order chi connectivity index (χ1) is 16.6. The maximum atomic E-state index is 13.5. The van der Waals surface area contributed by atoms with Gasteiger partial charge in [0.1, 0.15) is 5.75 Å². The number of hydrogen-bond donors (Lipinski definition) is 0. The highest BCUT2D eigenvalue weighted by molar-refractivity contribution is 5.95. The van der Waals surface area contributed by atoms with Crippen molar-refractivity contribution in [1.82, 2.24) is 19.8 Å². The lowest BCUT2D eigenvalue weighted by molar-refractivity contribution is -0.128. The molecule has 3 aromatic rings. The molecule has 5 rings (SSSR count). The maximum Gasteiger partial charge on any atom is 0.254 e. The third kappa shape index (κ3) is 4.51. The van der Waals surface area contributed by atoms with Gasteiger partial charge in [-0.25, -0.2) is 9.97 Å². The van der Waals surface area contributed by atoms with E-state index >= 15 is 0 Å². The van der Waals surface area contributed by atoms with Gasteiger partial charge in [-0.15, -0.1) is 0 Å². The molecule has 1 aromatic heterocycles. The van der Waals surface area contributed by atoms with Crippen LogP contribution in [0.15, 0.2) is 60.8 Å². The fraction of sp³-hybridized carbons (Fsp3) is 0.333. The molecule has 3 heterocycles. The number of methoxy groups -OCH3 is 1. The topological polar surface area (TPSA) is 75.6 Å². The Morgan fingerprint density at radius 2 is 1.97 bits per heavy atom. The zero-order valence-electron chi connectivity index (χ0n) is 19.3. The van der Waals surface area contributed by atoms with Crippen LogP contribution in [0.2, 0.25) is 0 Å². The highest BCUT2D eigenvalue weighted by Crippen LogP contribution is 2.33. The van der Waals surface area contributed by atoms with Crippen molar-refractivity contribution in [3.8, 4) is 17.1 Å². The van der Waals surface area contributed by atoms with Gasteiger partial charge >= 0.3 is 0 Å². The van der Waals surface area contributed by atoms with E-state index in [9.17, 15) is 9.59 Å². The van der Waals surface area contributed by atoms with E-state index in [0.29, 0.717) is 30.9 Å². The van der Waals surface area contributed by atoms with Gasteiger partial charge in [-0.2, -0.15) is 0 Å². The quantitative estimate of drug-likeness (QED) is 0.554. The molecule has 7 heteroatoms. The second-order valence-electron chi connectivity index (χ2n) is 8.81. The summed E-state index contributed by atoms with van der Waals surface area (Å²) in [7, 11) is 1.64. The smallest absolute Gasteiger partial charge is 0.254 e. The van der Waals surface area contributed by atoms with E-state index in [4.69, 9.17) is 9.72 Å². The van der Waals surface area contributed by atoms with Gasteiger partial charge in [-0.05, 0) is 55.2 Å². The van der Waals surface area contributed by atoms with Crippen molar-refractivity contribution in [1.29, 1.82) is 0 Å². The van der Waals surface area contributed by atoms with E-state index in [1.165, 1.54) is 0 Å². The summed E-state index contributed by atoms with van der Waals surface area (Å²) in [6.45, 7) is 2.03. The Bertz CT molecular complexity index is 1210. The summed E-state index contributed by atoms with van der Waals surface area (Å²) in [6, 6.07) is 17.1. The Labute approximate surface area is 199 Å². The van der Waals surface area contributed by atoms with Crippen molar-refractivity contribution in [3.05, 3.63) is 77.6 Å². The van der Waals surface area contributed by atoms with Crippen molar-refractivity contribution >= 4 is 11.8 Å². The average Bonchev–Trinajstić information content (AvgIpc) is 3.53. The summed E-state index contributed by atoms with van der Waals surface area (Å²) < 4.78 is 5.33. The van der Waals surface area contributed by atoms with Crippen LogP contribution in [-0.4, -0.2) is 51.8 Å². The van der Waals surface area contributed by atoms with Crippen molar-refractivity contribution in [2.24, 2.45) is 0 Å². The SMILES string of the molecule is COc1cccc(-c2nccc([C@H]3CCCN3C(=O)c3cccc(CN4CCCC4=O)c3)n2)c1. The highest BCUT2D eigenvalue weighted by Gasteiger charge is 2.32. The number of carbonyl (C=O) groups excluding carboxylic acids is 2. The van der Waals surface area contributed by atoms with E-state index in [1.54, 1.807) is 13.3 Å². The fourth-order valence-electron chi connectivity index (χ4n) is 4.84. The van der Waals surface area contributed by atoms with Crippen LogP contribution in [-0.2, 0) is 11.3 Å². The summed E-state index contributed by atoms with van der Waals surface area (Å²) in [5, 5.41) is 0. The lowest BCUT2D eigenvalue weighted by Crippen LogP contribution is -2.31. The van der Waals surface area contributed by atoms with E-state index in [2.05, 4.69) is 4.98 Å². The second-order valence-corrected chi connectivity index (χ2v) is 8.81. The first-order valence-corrected chi connectivity index (χ1v) is 11.8. The van der Waals surface area contributed by atoms with E-state index in [0.717, 1.165) is 48.4 Å². The molecule has 174 valence electrons. The average molecular weight is 457 g/mol. The fourth-order valence-corrected chi connectivity index (χ4v) is 4.84. The van der Waals surface area contributed by atoms with Crippen molar-refractivity contribution in [2.45, 2.75) is 38.3 Å². The van der Waals surface area contributed by atoms with Gasteiger partial charge in [0.15, 0.2) is 5.82 Å². The van der Waals surface area contributed by atoms with Crippen LogP contribution < -0.4 is 4.74 Å². The minimum absolute atomic E-state index is 0.00126. The molecule has 0 radical (unpaired) electrons. The molecular weight excluding hydrogens is 428 g/mol. The number of likely N-dealkylation sites (tertiary alicyclic amines) is 2. The molecule has 0 unspecified atom stereocenters. The summed E-state index contributed by atoms with van der Waals surface area (Å²) >= 11 is 0. The second kappa shape index (κ2) is 9.63. The van der Waals surface area contributed by atoms with Crippen molar-refractivity contribution in [3.63, 3.8) is 0 Å². The van der Waals surface area contributed by atoms with Gasteiger partial charge in [0.2, 0.25) is 5.91 Å². The van der Waals surface area contributed by atoms with E-state index in [-0.39, 0.29) is 17.9 Å². The Kier molecular flexibility index (Phi) is 6.25. The largest absolute Gasteiger partial charge is 0.497 e. The first kappa shape index (κ1) is 22.1. The number of nitrogens with zero attached hydrogens (tertiary/aromatic N) is 4. The molecule has 0 spiro atoms. The minimum Gasteiger partial charge on any atom is -0.497 e. The molecule has 1 atom stereocenters. The maximum absolute atomic E-state index is 13.5. The zero-order valence-corrected chi connectivity index (χ0v) is 19.3. The number of benzene rings is 2. The Hall–Kier alpha value is -3.74. The Morgan fingerprint density at radius 1 is 1.09 bits per heavy atom. The Morgan fingerprint density at radius 3 is 2.79 bits per heavy atom. The number of ether oxygens (including phenoxy) is 1. The van der Waals surface area contributed by atoms with Gasteiger partial charge in [0, 0.05) is 43.4 Å². The Balaban J connectivity index is 1.36. The van der Waals surface area contributed by atoms with Crippen LogP contribution in [0.4, 0.5) is 0 Å². The standard InChI is InChI=1S/C27H28N4O3/c1-34-22-9-3-7-20(17-22)26-28-13-12-23(29-26)24-10-4-15-31(24)27(33)21-8-2-6-19(16-21)18-30-14-5-11-25(30)32/h2-3,6-9,12-13,16-17,24H,4-5,10-11,14-15,18H2,1H3/t24-/m1/s1. The molecule has 2 saturated heterocycles. The number of rotatable bonds is 6. The van der Waals surface area contributed by atoms with Crippen molar-refractivity contribution in [2.75, 3.05) is 20.2 Å². The molecule has 0 aliphatic carbocycles. The highest BCUT2D eigenvalue weighted by atomic mass is 16.5. The monoisotopic (exact) mass is 456 g/mol. The van der Waals surface area contributed by atoms with Crippen LogP contribution in [0.3, 0.4) is 0 Å². The molecule has 2 aliphatic heterocycles. The molecule has 34 heavy (non-hydrogen) atoms. The minimum atomic E-state index is -0.0938. The molecule has 2 aromatic carbocycles. The van der Waals surface area contributed by atoms with Crippen molar-refractivity contribution < 1.29 is 14.3 Å². The normalized spacial score (nSPS) is 17.9.